The van der Waals surface area contributed by atoms with Crippen LogP contribution in [0.4, 0.5) is 23.1 Å². The molecule has 0 bridgehead atoms. The zero-order chi connectivity index (χ0) is 41.7. The fraction of sp³-hybridized carbons (Fsp3) is 0.556. The first kappa shape index (κ1) is 47.8. The number of aromatic amines is 1. The number of carboxylic acids is 1. The van der Waals surface area contributed by atoms with Gasteiger partial charge in [0.05, 0.1) is 85.8 Å². The molecule has 21 nitrogen and oxygen atoms in total. The summed E-state index contributed by atoms with van der Waals surface area (Å²) in [5, 5.41) is 20.4. The minimum Gasteiger partial charge on any atom is -0.480 e. The van der Waals surface area contributed by atoms with Crippen LogP contribution in [0.3, 0.4) is 0 Å². The number of H-pyrrole nitrogens is 1. The molecule has 3 amide bonds. The Labute approximate surface area is 330 Å². The number of ether oxygens (including phenoxy) is 6. The third-order valence-corrected chi connectivity index (χ3v) is 7.49. The maximum atomic E-state index is 12.8. The van der Waals surface area contributed by atoms with E-state index < -0.39 is 23.5 Å². The van der Waals surface area contributed by atoms with Gasteiger partial charge in [-0.05, 0) is 44.3 Å². The molecule has 0 aliphatic heterocycles. The van der Waals surface area contributed by atoms with Gasteiger partial charge in [0.2, 0.25) is 17.8 Å². The van der Waals surface area contributed by atoms with Gasteiger partial charge in [-0.15, -0.1) is 0 Å². The van der Waals surface area contributed by atoms with Gasteiger partial charge in [-0.1, -0.05) is 0 Å². The number of carbonyl (C=O) groups is 4. The first-order valence-electron chi connectivity index (χ1n) is 18.3. The number of amides is 3. The first-order chi connectivity index (χ1) is 27.5. The number of anilines is 2. The Balaban J connectivity index is 1.50. The molecule has 316 valence electrons. The Morgan fingerprint density at radius 1 is 0.842 bits per heavy atom. The highest BCUT2D eigenvalue weighted by Gasteiger charge is 2.22. The van der Waals surface area contributed by atoms with E-state index in [0.29, 0.717) is 90.5 Å². The number of carboxylic acid groups (broad SMARTS) is 1. The van der Waals surface area contributed by atoms with Crippen LogP contribution in [-0.2, 0) is 42.8 Å². The molecule has 1 aromatic heterocycles. The average molecular weight is 806 g/mol. The molecule has 2 rings (SSSR count). The third kappa shape index (κ3) is 21.5. The molecule has 0 unspecified atom stereocenters. The van der Waals surface area contributed by atoms with E-state index in [-0.39, 0.29) is 67.4 Å². The molecule has 0 radical (unpaired) electrons. The number of aromatic nitrogens is 2. The van der Waals surface area contributed by atoms with Crippen molar-refractivity contribution in [1.82, 2.24) is 25.9 Å². The Hall–Kier alpha value is -5.32. The molecule has 0 spiro atoms. The molecule has 0 saturated heterocycles. The van der Waals surface area contributed by atoms with Crippen LogP contribution in [0.15, 0.2) is 39.0 Å². The SMILES string of the molecule is C=Nc1nc(N)[nH]c(=O)c1N=C(C)CNc1ccc(C(=O)N[C@@H](CCC(=O)NCCOCCOCCOCCOCCOCCOCCC(=O)NC)C(=O)O)cc1. The highest BCUT2D eigenvalue weighted by Crippen LogP contribution is 2.21. The van der Waals surface area contributed by atoms with Crippen LogP contribution in [0.2, 0.25) is 0 Å². The van der Waals surface area contributed by atoms with Gasteiger partial charge in [-0.25, -0.2) is 14.8 Å². The second-order valence-electron chi connectivity index (χ2n) is 11.9. The molecule has 21 heteroatoms. The van der Waals surface area contributed by atoms with E-state index in [0.717, 1.165) is 0 Å². The molecule has 1 atom stereocenters. The van der Waals surface area contributed by atoms with E-state index in [9.17, 15) is 29.1 Å². The van der Waals surface area contributed by atoms with E-state index in [2.05, 4.69) is 47.9 Å². The molecule has 0 aliphatic rings. The van der Waals surface area contributed by atoms with Crippen molar-refractivity contribution >= 4 is 59.3 Å². The number of hydrogen-bond acceptors (Lipinski definition) is 16. The van der Waals surface area contributed by atoms with E-state index >= 15 is 0 Å². The quantitative estimate of drug-likeness (QED) is 0.0384. The van der Waals surface area contributed by atoms with Crippen molar-refractivity contribution in [2.24, 2.45) is 9.98 Å². The summed E-state index contributed by atoms with van der Waals surface area (Å²) in [6.07, 6.45) is 0.0874. The predicted molar refractivity (Wildman–Crippen MR) is 211 cm³/mol. The highest BCUT2D eigenvalue weighted by atomic mass is 16.6. The van der Waals surface area contributed by atoms with Crippen molar-refractivity contribution < 1.29 is 52.7 Å². The van der Waals surface area contributed by atoms with Crippen molar-refractivity contribution in [3.8, 4) is 0 Å². The monoisotopic (exact) mass is 805 g/mol. The van der Waals surface area contributed by atoms with E-state index in [1.807, 2.05) is 0 Å². The number of nitrogen functional groups attached to an aromatic ring is 1. The Morgan fingerprint density at radius 3 is 1.91 bits per heavy atom. The summed E-state index contributed by atoms with van der Waals surface area (Å²) in [5.74, 6) is -2.43. The molecular formula is C36H55N9O12. The van der Waals surface area contributed by atoms with Gasteiger partial charge in [-0.2, -0.15) is 4.98 Å². The van der Waals surface area contributed by atoms with Crippen LogP contribution >= 0.6 is 0 Å². The van der Waals surface area contributed by atoms with Crippen LogP contribution in [-0.4, -0.2) is 157 Å². The largest absolute Gasteiger partial charge is 0.480 e. The zero-order valence-corrected chi connectivity index (χ0v) is 32.5. The lowest BCUT2D eigenvalue weighted by Crippen LogP contribution is -2.41. The van der Waals surface area contributed by atoms with Gasteiger partial charge < -0.3 is 60.5 Å². The van der Waals surface area contributed by atoms with Crippen molar-refractivity contribution in [2.75, 3.05) is 110 Å². The fourth-order valence-electron chi connectivity index (χ4n) is 4.50. The topological polar surface area (TPSA) is 288 Å². The summed E-state index contributed by atoms with van der Waals surface area (Å²) < 4.78 is 32.4. The lowest BCUT2D eigenvalue weighted by molar-refractivity contribution is -0.139. The normalized spacial score (nSPS) is 11.8. The van der Waals surface area contributed by atoms with Crippen LogP contribution in [0.25, 0.3) is 0 Å². The minimum atomic E-state index is -1.28. The summed E-state index contributed by atoms with van der Waals surface area (Å²) in [7, 11) is 1.58. The standard InChI is InChI=1S/C36H55N9O12/c1-25(42-31-32(39-3)44-36(37)45-34(31)49)24-41-27-6-4-26(5-7-27)33(48)43-28(35(50)51)8-9-30(47)40-11-13-53-15-17-55-19-21-57-23-22-56-20-18-54-16-14-52-12-10-29(46)38-2/h4-7,28,41H,3,8-24H2,1-2H3,(H,38,46)(H,40,47)(H,43,48)(H,50,51)(H3,37,44,45,49)/t28-/m0/s1. The van der Waals surface area contributed by atoms with E-state index in [1.165, 1.54) is 12.1 Å². The molecule has 8 N–H and O–H groups in total. The van der Waals surface area contributed by atoms with Crippen molar-refractivity contribution in [3.63, 3.8) is 0 Å². The second-order valence-corrected chi connectivity index (χ2v) is 11.9. The average Bonchev–Trinajstić information content (AvgIpc) is 3.19. The number of aliphatic imine (C=N–C) groups is 2. The van der Waals surface area contributed by atoms with Crippen molar-refractivity contribution in [3.05, 3.63) is 40.2 Å². The Morgan fingerprint density at radius 2 is 1.39 bits per heavy atom. The Kier molecular flexibility index (Phi) is 24.3. The lowest BCUT2D eigenvalue weighted by Gasteiger charge is -2.15. The van der Waals surface area contributed by atoms with Gasteiger partial charge in [0.25, 0.3) is 11.5 Å². The van der Waals surface area contributed by atoms with Crippen LogP contribution < -0.4 is 32.6 Å². The Bertz CT molecular complexity index is 1620. The maximum Gasteiger partial charge on any atom is 0.326 e. The first-order valence-corrected chi connectivity index (χ1v) is 18.3. The number of benzene rings is 1. The van der Waals surface area contributed by atoms with Gasteiger partial charge in [0.1, 0.15) is 6.04 Å². The molecule has 0 fully saturated rings. The third-order valence-electron chi connectivity index (χ3n) is 7.49. The number of nitrogens with zero attached hydrogens (tertiary/aromatic N) is 3. The predicted octanol–water partition coefficient (Wildman–Crippen LogP) is 0.204. The van der Waals surface area contributed by atoms with Gasteiger partial charge in [0, 0.05) is 43.4 Å². The second kappa shape index (κ2) is 29.0. The van der Waals surface area contributed by atoms with Gasteiger partial charge in [-0.3, -0.25) is 24.2 Å². The summed E-state index contributed by atoms with van der Waals surface area (Å²) in [5.41, 5.74) is 6.32. The number of aliphatic carboxylic acids is 1. The van der Waals surface area contributed by atoms with Gasteiger partial charge >= 0.3 is 5.97 Å². The van der Waals surface area contributed by atoms with Crippen LogP contribution in [0.1, 0.15) is 36.5 Å². The molecule has 0 saturated carbocycles. The molecule has 57 heavy (non-hydrogen) atoms. The molecule has 1 heterocycles. The van der Waals surface area contributed by atoms with Gasteiger partial charge in [0.15, 0.2) is 11.5 Å². The molecular weight excluding hydrogens is 750 g/mol. The molecule has 0 aliphatic carbocycles. The highest BCUT2D eigenvalue weighted by molar-refractivity contribution is 5.97. The van der Waals surface area contributed by atoms with Crippen molar-refractivity contribution in [2.45, 2.75) is 32.2 Å². The lowest BCUT2D eigenvalue weighted by atomic mass is 10.1. The minimum absolute atomic E-state index is 0.00354. The van der Waals surface area contributed by atoms with E-state index in [1.54, 1.807) is 26.1 Å². The summed E-state index contributed by atoms with van der Waals surface area (Å²) in [4.78, 5) is 74.3. The maximum absolute atomic E-state index is 12.8. The number of nitrogens with one attached hydrogen (secondary N) is 5. The number of hydrogen-bond donors (Lipinski definition) is 7. The molecule has 2 aromatic rings. The zero-order valence-electron chi connectivity index (χ0n) is 32.5. The van der Waals surface area contributed by atoms with Crippen LogP contribution in [0, 0.1) is 0 Å². The summed E-state index contributed by atoms with van der Waals surface area (Å²) in [6, 6.07) is 5.00. The smallest absolute Gasteiger partial charge is 0.326 e. The summed E-state index contributed by atoms with van der Waals surface area (Å²) in [6.45, 7) is 10.1. The van der Waals surface area contributed by atoms with Crippen LogP contribution in [0.5, 0.6) is 0 Å². The summed E-state index contributed by atoms with van der Waals surface area (Å²) >= 11 is 0. The van der Waals surface area contributed by atoms with E-state index in [4.69, 9.17) is 34.2 Å². The van der Waals surface area contributed by atoms with Crippen molar-refractivity contribution in [1.29, 1.82) is 0 Å². The molecule has 1 aromatic carbocycles. The number of nitrogens with two attached hydrogens (primary N) is 1. The fourth-order valence-corrected chi connectivity index (χ4v) is 4.50. The number of carbonyl (C=O) groups excluding carboxylic acids is 3. The number of rotatable bonds is 32.